The van der Waals surface area contributed by atoms with Crippen LogP contribution in [0.2, 0.25) is 0 Å². The minimum atomic E-state index is -1.15. The van der Waals surface area contributed by atoms with Gasteiger partial charge in [0, 0.05) is 6.54 Å². The number of anilines is 1. The van der Waals surface area contributed by atoms with E-state index in [1.807, 2.05) is 0 Å². The van der Waals surface area contributed by atoms with E-state index in [-0.39, 0.29) is 11.5 Å². The molecule has 0 unspecified atom stereocenters. The standard InChI is InChI=1S/C5H9N5O2/c1-2-10(6)4-3(5(11)12)7-9-8-4/h2,6H2,1H3,(H,11,12)(H,7,8,9). The number of aromatic nitrogens is 3. The zero-order chi connectivity index (χ0) is 9.14. The molecule has 0 aliphatic rings. The van der Waals surface area contributed by atoms with Gasteiger partial charge in [-0.1, -0.05) is 0 Å². The molecule has 0 aliphatic carbocycles. The molecule has 0 fully saturated rings. The number of hydrazine groups is 1. The van der Waals surface area contributed by atoms with Crippen LogP contribution in [0.3, 0.4) is 0 Å². The summed E-state index contributed by atoms with van der Waals surface area (Å²) < 4.78 is 0. The molecule has 12 heavy (non-hydrogen) atoms. The molecule has 0 radical (unpaired) electrons. The quantitative estimate of drug-likeness (QED) is 0.406. The summed E-state index contributed by atoms with van der Waals surface area (Å²) in [6.07, 6.45) is 0. The van der Waals surface area contributed by atoms with Gasteiger partial charge in [0.2, 0.25) is 5.69 Å². The highest BCUT2D eigenvalue weighted by Gasteiger charge is 2.17. The summed E-state index contributed by atoms with van der Waals surface area (Å²) in [5.74, 6) is 4.42. The van der Waals surface area contributed by atoms with E-state index < -0.39 is 5.97 Å². The third-order valence-electron chi connectivity index (χ3n) is 1.34. The summed E-state index contributed by atoms with van der Waals surface area (Å²) >= 11 is 0. The molecule has 4 N–H and O–H groups in total. The van der Waals surface area contributed by atoms with Gasteiger partial charge in [-0.2, -0.15) is 5.21 Å². The van der Waals surface area contributed by atoms with Crippen molar-refractivity contribution in [1.82, 2.24) is 15.4 Å². The van der Waals surface area contributed by atoms with Crippen molar-refractivity contribution in [3.63, 3.8) is 0 Å². The molecule has 0 amide bonds. The van der Waals surface area contributed by atoms with Gasteiger partial charge in [0.15, 0.2) is 5.82 Å². The van der Waals surface area contributed by atoms with Crippen molar-refractivity contribution in [1.29, 1.82) is 0 Å². The summed E-state index contributed by atoms with van der Waals surface area (Å²) in [6, 6.07) is 0. The van der Waals surface area contributed by atoms with Crippen LogP contribution in [0.1, 0.15) is 17.4 Å². The van der Waals surface area contributed by atoms with Gasteiger partial charge in [-0.25, -0.2) is 10.6 Å². The fourth-order valence-electron chi connectivity index (χ4n) is 0.719. The number of carboxylic acids is 1. The predicted octanol–water partition coefficient (Wildman–Crippen LogP) is -0.797. The van der Waals surface area contributed by atoms with Gasteiger partial charge >= 0.3 is 5.97 Å². The average molecular weight is 171 g/mol. The van der Waals surface area contributed by atoms with E-state index in [1.165, 1.54) is 5.01 Å². The lowest BCUT2D eigenvalue weighted by atomic mass is 10.4. The van der Waals surface area contributed by atoms with Crippen LogP contribution in [-0.2, 0) is 0 Å². The molecule has 0 spiro atoms. The zero-order valence-electron chi connectivity index (χ0n) is 6.48. The number of aromatic amines is 1. The van der Waals surface area contributed by atoms with Crippen molar-refractivity contribution >= 4 is 11.8 Å². The maximum absolute atomic E-state index is 10.5. The molecule has 1 aromatic rings. The summed E-state index contributed by atoms with van der Waals surface area (Å²) in [5, 5.41) is 19.0. The minimum absolute atomic E-state index is 0.144. The number of hydrogen-bond donors (Lipinski definition) is 3. The highest BCUT2D eigenvalue weighted by atomic mass is 16.4. The van der Waals surface area contributed by atoms with Crippen molar-refractivity contribution in [2.75, 3.05) is 11.6 Å². The van der Waals surface area contributed by atoms with Crippen LogP contribution in [0.25, 0.3) is 0 Å². The van der Waals surface area contributed by atoms with Crippen LogP contribution in [0, 0.1) is 0 Å². The topological polar surface area (TPSA) is 108 Å². The Morgan fingerprint density at radius 3 is 2.92 bits per heavy atom. The number of aromatic carboxylic acids is 1. The lowest BCUT2D eigenvalue weighted by Crippen LogP contribution is -2.32. The van der Waals surface area contributed by atoms with Crippen LogP contribution in [0.4, 0.5) is 5.82 Å². The molecule has 66 valence electrons. The second-order valence-electron chi connectivity index (χ2n) is 2.09. The van der Waals surface area contributed by atoms with Crippen LogP contribution in [-0.4, -0.2) is 33.0 Å². The number of nitrogens with two attached hydrogens (primary N) is 1. The lowest BCUT2D eigenvalue weighted by Gasteiger charge is -2.11. The first kappa shape index (κ1) is 8.47. The average Bonchev–Trinajstić information content (AvgIpc) is 2.50. The maximum Gasteiger partial charge on any atom is 0.360 e. The molecule has 7 nitrogen and oxygen atoms in total. The van der Waals surface area contributed by atoms with Crippen molar-refractivity contribution in [2.24, 2.45) is 5.84 Å². The van der Waals surface area contributed by atoms with E-state index in [0.29, 0.717) is 6.54 Å². The van der Waals surface area contributed by atoms with E-state index in [9.17, 15) is 4.79 Å². The van der Waals surface area contributed by atoms with Crippen molar-refractivity contribution in [3.05, 3.63) is 5.69 Å². The monoisotopic (exact) mass is 171 g/mol. The molecule has 1 rings (SSSR count). The number of carbonyl (C=O) groups is 1. The first-order chi connectivity index (χ1) is 5.66. The lowest BCUT2D eigenvalue weighted by molar-refractivity contribution is 0.0691. The smallest absolute Gasteiger partial charge is 0.360 e. The number of hydrogen-bond acceptors (Lipinski definition) is 5. The van der Waals surface area contributed by atoms with E-state index in [0.717, 1.165) is 0 Å². The number of carboxylic acid groups (broad SMARTS) is 1. The van der Waals surface area contributed by atoms with E-state index in [2.05, 4.69) is 15.4 Å². The Labute approximate surface area is 68.1 Å². The Bertz CT molecular complexity index is 283. The van der Waals surface area contributed by atoms with Crippen molar-refractivity contribution in [3.8, 4) is 0 Å². The molecule has 0 saturated heterocycles. The molecule has 7 heteroatoms. The summed E-state index contributed by atoms with van der Waals surface area (Å²) in [4.78, 5) is 10.5. The first-order valence-corrected chi connectivity index (χ1v) is 3.33. The minimum Gasteiger partial charge on any atom is -0.476 e. The van der Waals surface area contributed by atoms with Gasteiger partial charge in [-0.15, -0.1) is 10.2 Å². The highest BCUT2D eigenvalue weighted by Crippen LogP contribution is 2.09. The fraction of sp³-hybridized carbons (Fsp3) is 0.400. The third-order valence-corrected chi connectivity index (χ3v) is 1.34. The number of nitrogens with zero attached hydrogens (tertiary/aromatic N) is 3. The highest BCUT2D eigenvalue weighted by molar-refractivity contribution is 5.90. The molecule has 0 aliphatic heterocycles. The van der Waals surface area contributed by atoms with Crippen LogP contribution in [0.5, 0.6) is 0 Å². The molecule has 1 aromatic heterocycles. The Balaban J connectivity index is 2.98. The fourth-order valence-corrected chi connectivity index (χ4v) is 0.719. The summed E-state index contributed by atoms with van der Waals surface area (Å²) in [6.45, 7) is 2.24. The Morgan fingerprint density at radius 2 is 2.42 bits per heavy atom. The first-order valence-electron chi connectivity index (χ1n) is 3.33. The molecule has 0 bridgehead atoms. The van der Waals surface area contributed by atoms with Gasteiger partial charge in [-0.3, -0.25) is 5.01 Å². The predicted molar refractivity (Wildman–Crippen MR) is 40.5 cm³/mol. The van der Waals surface area contributed by atoms with Crippen LogP contribution in [0.15, 0.2) is 0 Å². The maximum atomic E-state index is 10.5. The molecule has 0 aromatic carbocycles. The van der Waals surface area contributed by atoms with Gasteiger partial charge in [-0.05, 0) is 6.92 Å². The second kappa shape index (κ2) is 3.18. The van der Waals surface area contributed by atoms with E-state index >= 15 is 0 Å². The van der Waals surface area contributed by atoms with Gasteiger partial charge in [0.25, 0.3) is 0 Å². The Kier molecular flexibility index (Phi) is 2.24. The largest absolute Gasteiger partial charge is 0.476 e. The van der Waals surface area contributed by atoms with Gasteiger partial charge in [0.1, 0.15) is 0 Å². The molecule has 0 atom stereocenters. The number of nitrogens with one attached hydrogen (secondary N) is 1. The normalized spacial score (nSPS) is 9.83. The third kappa shape index (κ3) is 1.35. The zero-order valence-corrected chi connectivity index (χ0v) is 6.48. The van der Waals surface area contributed by atoms with E-state index in [1.54, 1.807) is 6.92 Å². The van der Waals surface area contributed by atoms with Crippen LogP contribution >= 0.6 is 0 Å². The van der Waals surface area contributed by atoms with Crippen LogP contribution < -0.4 is 10.9 Å². The van der Waals surface area contributed by atoms with Gasteiger partial charge in [0.05, 0.1) is 0 Å². The summed E-state index contributed by atoms with van der Waals surface area (Å²) in [7, 11) is 0. The number of H-pyrrole nitrogens is 1. The number of rotatable bonds is 3. The SMILES string of the molecule is CCN(N)c1n[nH]nc1C(=O)O. The Hall–Kier alpha value is -1.63. The summed E-state index contributed by atoms with van der Waals surface area (Å²) in [5.41, 5.74) is -0.167. The molecule has 1 heterocycles. The van der Waals surface area contributed by atoms with E-state index in [4.69, 9.17) is 10.9 Å². The molecule has 0 saturated carbocycles. The van der Waals surface area contributed by atoms with Crippen molar-refractivity contribution in [2.45, 2.75) is 6.92 Å². The van der Waals surface area contributed by atoms with Crippen molar-refractivity contribution < 1.29 is 9.90 Å². The molecular weight excluding hydrogens is 162 g/mol. The van der Waals surface area contributed by atoms with Gasteiger partial charge < -0.3 is 5.11 Å². The Morgan fingerprint density at radius 1 is 1.75 bits per heavy atom. The molecular formula is C5H9N5O2. The second-order valence-corrected chi connectivity index (χ2v) is 2.09.